The van der Waals surface area contributed by atoms with Gasteiger partial charge in [-0.1, -0.05) is 0 Å². The Morgan fingerprint density at radius 1 is 1.60 bits per heavy atom. The first-order valence-electron chi connectivity index (χ1n) is 0.936. The zero-order valence-corrected chi connectivity index (χ0v) is 3.19. The number of hydrogen-bond acceptors (Lipinski definition) is 1. The van der Waals surface area contributed by atoms with Crippen LogP contribution in [0.25, 0.3) is 0 Å². The standard InChI is InChI=1S/C2H2F2S/c1-2(3,4)5/h1H2. The minimum Gasteiger partial charge on any atom is -0.662 e. The molecule has 0 nitrogen and oxygen atoms in total. The van der Waals surface area contributed by atoms with Crippen LogP contribution < -0.4 is 0 Å². The molecule has 3 heteroatoms. The summed E-state index contributed by atoms with van der Waals surface area (Å²) in [5, 5.41) is -3.17. The van der Waals surface area contributed by atoms with Gasteiger partial charge in [0.05, 0.1) is 0 Å². The lowest BCUT2D eigenvalue weighted by Gasteiger charge is -2.02. The summed E-state index contributed by atoms with van der Waals surface area (Å²) in [4.78, 5) is 0. The summed E-state index contributed by atoms with van der Waals surface area (Å²) < 4.78 is 21.4. The quantitative estimate of drug-likeness (QED) is 0.319. The monoisotopic (exact) mass is 96.0 g/mol. The fourth-order valence-electron chi connectivity index (χ4n) is 0. The molecule has 0 radical (unpaired) electrons. The lowest BCUT2D eigenvalue weighted by Crippen LogP contribution is -2.01. The normalized spacial score (nSPS) is 11.8. The second-order valence-corrected chi connectivity index (χ2v) is 1.23. The Balaban J connectivity index is 3.02. The van der Waals surface area contributed by atoms with Gasteiger partial charge in [-0.2, -0.15) is 8.78 Å². The Hall–Kier alpha value is 0.0800. The van der Waals surface area contributed by atoms with Crippen LogP contribution in [0.3, 0.4) is 0 Å². The first-order valence-corrected chi connectivity index (χ1v) is 1.34. The lowest BCUT2D eigenvalue weighted by molar-refractivity contribution is 0.161. The zero-order chi connectivity index (χ0) is 4.50. The van der Waals surface area contributed by atoms with Crippen molar-refractivity contribution in [3.8, 4) is 0 Å². The Morgan fingerprint density at radius 2 is 1.60 bits per heavy atom. The van der Waals surface area contributed by atoms with E-state index in [9.17, 15) is 8.78 Å². The van der Waals surface area contributed by atoms with Crippen molar-refractivity contribution in [1.29, 1.82) is 0 Å². The Labute approximate surface area is 34.6 Å². The molecule has 0 aromatic rings. The molecule has 0 fully saturated rings. The van der Waals surface area contributed by atoms with Crippen molar-refractivity contribution in [2.75, 3.05) is 0 Å². The highest BCUT2D eigenvalue weighted by Crippen LogP contribution is 2.04. The predicted octanol–water partition coefficient (Wildman–Crippen LogP) is 0.960. The first kappa shape index (κ1) is 5.08. The SMILES string of the molecule is [CH2+]C(F)(F)[S-]. The van der Waals surface area contributed by atoms with Crippen molar-refractivity contribution in [2.24, 2.45) is 0 Å². The highest BCUT2D eigenvalue weighted by Gasteiger charge is 2.05. The maximum absolute atomic E-state index is 10.7. The Bertz CT molecular complexity index is 23.1. The van der Waals surface area contributed by atoms with E-state index < -0.39 is 5.25 Å². The molecule has 0 N–H and O–H groups in total. The fourth-order valence-corrected chi connectivity index (χ4v) is 0. The van der Waals surface area contributed by atoms with Crippen molar-refractivity contribution < 1.29 is 8.78 Å². The van der Waals surface area contributed by atoms with Crippen LogP contribution >= 0.6 is 0 Å². The third-order valence-electron chi connectivity index (χ3n) is 0. The van der Waals surface area contributed by atoms with Gasteiger partial charge in [0.15, 0.2) is 0 Å². The summed E-state index contributed by atoms with van der Waals surface area (Å²) >= 11 is 3.38. The summed E-state index contributed by atoms with van der Waals surface area (Å²) in [5.74, 6) is 0. The van der Waals surface area contributed by atoms with E-state index in [1.54, 1.807) is 0 Å². The minimum atomic E-state index is -3.17. The summed E-state index contributed by atoms with van der Waals surface area (Å²) in [6.07, 6.45) is 0. The zero-order valence-electron chi connectivity index (χ0n) is 2.37. The number of alkyl halides is 2. The van der Waals surface area contributed by atoms with Crippen LogP contribution in [0, 0.1) is 6.92 Å². The molecule has 0 aliphatic heterocycles. The van der Waals surface area contributed by atoms with Gasteiger partial charge < -0.3 is 12.6 Å². The molecule has 5 heavy (non-hydrogen) atoms. The molecule has 0 unspecified atom stereocenters. The average molecular weight is 96.1 g/mol. The van der Waals surface area contributed by atoms with E-state index >= 15 is 0 Å². The highest BCUT2D eigenvalue weighted by molar-refractivity contribution is 7.60. The van der Waals surface area contributed by atoms with Gasteiger partial charge in [0.25, 0.3) is 5.25 Å². The van der Waals surface area contributed by atoms with Crippen molar-refractivity contribution in [1.82, 2.24) is 0 Å². The summed E-state index contributed by atoms with van der Waals surface area (Å²) in [7, 11) is 0. The van der Waals surface area contributed by atoms with Crippen molar-refractivity contribution >= 4 is 12.6 Å². The van der Waals surface area contributed by atoms with E-state index in [-0.39, 0.29) is 0 Å². The van der Waals surface area contributed by atoms with Crippen LogP contribution in [-0.2, 0) is 12.6 Å². The molecule has 0 atom stereocenters. The molecule has 0 heterocycles. The molecule has 0 amide bonds. The van der Waals surface area contributed by atoms with Crippen LogP contribution in [-0.4, -0.2) is 5.25 Å². The number of hydrogen-bond donors (Lipinski definition) is 0. The highest BCUT2D eigenvalue weighted by atomic mass is 32.1. The largest absolute Gasteiger partial charge is 0.662 e. The van der Waals surface area contributed by atoms with Gasteiger partial charge >= 0.3 is 0 Å². The molecule has 0 aromatic heterocycles. The van der Waals surface area contributed by atoms with Crippen molar-refractivity contribution in [3.05, 3.63) is 6.92 Å². The molecule has 0 aliphatic rings. The first-order chi connectivity index (χ1) is 2.00. The lowest BCUT2D eigenvalue weighted by atomic mass is 10.9. The maximum Gasteiger partial charge on any atom is 0.273 e. The smallest absolute Gasteiger partial charge is 0.273 e. The molecule has 0 rings (SSSR count). The Morgan fingerprint density at radius 3 is 1.60 bits per heavy atom. The Kier molecular flexibility index (Phi) is 1.06. The molecule has 0 spiro atoms. The molecule has 0 saturated heterocycles. The van der Waals surface area contributed by atoms with E-state index in [1.807, 2.05) is 0 Å². The van der Waals surface area contributed by atoms with Gasteiger partial charge in [-0.05, 0) is 0 Å². The van der Waals surface area contributed by atoms with Gasteiger partial charge in [-0.15, -0.1) is 0 Å². The van der Waals surface area contributed by atoms with E-state index in [2.05, 4.69) is 19.6 Å². The van der Waals surface area contributed by atoms with Crippen LogP contribution in [0.5, 0.6) is 0 Å². The van der Waals surface area contributed by atoms with Gasteiger partial charge in [-0.25, -0.2) is 0 Å². The van der Waals surface area contributed by atoms with Crippen LogP contribution in [0.4, 0.5) is 8.78 Å². The summed E-state index contributed by atoms with van der Waals surface area (Å²) in [6.45, 7) is 2.25. The molecular weight excluding hydrogens is 94.1 g/mol. The van der Waals surface area contributed by atoms with Crippen LogP contribution in [0.2, 0.25) is 0 Å². The molecular formula is C2H2F2S. The third kappa shape index (κ3) is 2760. The summed E-state index contributed by atoms with van der Waals surface area (Å²) in [5.41, 5.74) is 0. The molecule has 0 aliphatic carbocycles. The second kappa shape index (κ2) is 1.05. The van der Waals surface area contributed by atoms with Gasteiger partial charge in [-0.3, -0.25) is 0 Å². The van der Waals surface area contributed by atoms with Gasteiger partial charge in [0, 0.05) is 0 Å². The molecule has 0 bridgehead atoms. The van der Waals surface area contributed by atoms with Gasteiger partial charge in [0.1, 0.15) is 6.92 Å². The minimum absolute atomic E-state index is 2.25. The van der Waals surface area contributed by atoms with E-state index in [1.165, 1.54) is 0 Å². The fraction of sp³-hybridized carbons (Fsp3) is 0.500. The topological polar surface area (TPSA) is 0 Å². The maximum atomic E-state index is 10.7. The predicted molar refractivity (Wildman–Crippen MR) is 17.7 cm³/mol. The molecule has 30 valence electrons. The van der Waals surface area contributed by atoms with Crippen LogP contribution in [0.15, 0.2) is 0 Å². The van der Waals surface area contributed by atoms with Crippen molar-refractivity contribution in [3.63, 3.8) is 0 Å². The van der Waals surface area contributed by atoms with Crippen molar-refractivity contribution in [2.45, 2.75) is 5.25 Å². The third-order valence-corrected chi connectivity index (χ3v) is 0. The second-order valence-electron chi connectivity index (χ2n) is 0.637. The van der Waals surface area contributed by atoms with E-state index in [0.717, 1.165) is 0 Å². The van der Waals surface area contributed by atoms with E-state index in [0.29, 0.717) is 0 Å². The summed E-state index contributed by atoms with van der Waals surface area (Å²) in [6, 6.07) is 0. The number of rotatable bonds is 0. The molecule has 0 aromatic carbocycles. The van der Waals surface area contributed by atoms with E-state index in [4.69, 9.17) is 0 Å². The number of halogens is 2. The molecule has 0 saturated carbocycles. The van der Waals surface area contributed by atoms with Gasteiger partial charge in [0.2, 0.25) is 0 Å². The average Bonchev–Trinajstić information content (AvgIpc) is 0.722. The van der Waals surface area contributed by atoms with Crippen LogP contribution in [0.1, 0.15) is 0 Å².